The molecule has 94 valence electrons. The van der Waals surface area contributed by atoms with Crippen molar-refractivity contribution in [2.75, 3.05) is 19.8 Å². The van der Waals surface area contributed by atoms with Crippen LogP contribution in [-0.4, -0.2) is 34.3 Å². The predicted molar refractivity (Wildman–Crippen MR) is 61.9 cm³/mol. The van der Waals surface area contributed by atoms with E-state index < -0.39 is 10.1 Å². The second-order valence-electron chi connectivity index (χ2n) is 4.01. The zero-order chi connectivity index (χ0) is 12.3. The van der Waals surface area contributed by atoms with E-state index in [1.165, 1.54) is 12.1 Å². The first-order valence-electron chi connectivity index (χ1n) is 5.37. The normalized spacial score (nSPS) is 25.0. The Balaban J connectivity index is 1.99. The van der Waals surface area contributed by atoms with Crippen LogP contribution in [-0.2, 0) is 19.0 Å². The number of benzene rings is 1. The summed E-state index contributed by atoms with van der Waals surface area (Å²) in [7, 11) is -3.68. The minimum absolute atomic E-state index is 0.0616. The van der Waals surface area contributed by atoms with E-state index in [1.807, 2.05) is 0 Å². The lowest BCUT2D eigenvalue weighted by molar-refractivity contribution is 0.168. The Morgan fingerprint density at radius 2 is 2.00 bits per heavy atom. The van der Waals surface area contributed by atoms with Crippen LogP contribution in [0.4, 0.5) is 0 Å². The summed E-state index contributed by atoms with van der Waals surface area (Å²) in [6.45, 7) is 0.975. The van der Waals surface area contributed by atoms with Crippen LogP contribution in [0.5, 0.6) is 0 Å². The summed E-state index contributed by atoms with van der Waals surface area (Å²) < 4.78 is 33.7. The fraction of sp³-hybridized carbons (Fsp3) is 0.455. The van der Waals surface area contributed by atoms with Crippen LogP contribution in [0.1, 0.15) is 0 Å². The summed E-state index contributed by atoms with van der Waals surface area (Å²) >= 11 is 0. The number of nitrogens with two attached hydrogens (primary N) is 1. The molecule has 17 heavy (non-hydrogen) atoms. The largest absolute Gasteiger partial charge is 0.379 e. The van der Waals surface area contributed by atoms with E-state index in [2.05, 4.69) is 0 Å². The Morgan fingerprint density at radius 1 is 1.29 bits per heavy atom. The second kappa shape index (κ2) is 5.14. The molecule has 1 unspecified atom stereocenters. The van der Waals surface area contributed by atoms with Crippen LogP contribution in [0.25, 0.3) is 0 Å². The van der Waals surface area contributed by atoms with Crippen molar-refractivity contribution in [1.29, 1.82) is 0 Å². The highest BCUT2D eigenvalue weighted by atomic mass is 32.2. The van der Waals surface area contributed by atoms with E-state index in [-0.39, 0.29) is 23.5 Å². The molecule has 0 spiro atoms. The Morgan fingerprint density at radius 3 is 2.59 bits per heavy atom. The van der Waals surface area contributed by atoms with Crippen LogP contribution in [0.15, 0.2) is 35.2 Å². The van der Waals surface area contributed by atoms with Gasteiger partial charge in [0, 0.05) is 12.0 Å². The molecule has 1 saturated heterocycles. The third-order valence-corrected chi connectivity index (χ3v) is 4.01. The Bertz CT molecular complexity index is 460. The van der Waals surface area contributed by atoms with Crippen molar-refractivity contribution < 1.29 is 17.3 Å². The molecule has 0 amide bonds. The van der Waals surface area contributed by atoms with Gasteiger partial charge in [-0.2, -0.15) is 8.42 Å². The number of hydrogen-bond acceptors (Lipinski definition) is 5. The van der Waals surface area contributed by atoms with Gasteiger partial charge in [-0.05, 0) is 12.1 Å². The van der Waals surface area contributed by atoms with E-state index in [4.69, 9.17) is 14.7 Å². The first-order chi connectivity index (χ1) is 8.09. The zero-order valence-corrected chi connectivity index (χ0v) is 10.1. The molecule has 0 aliphatic carbocycles. The molecule has 0 radical (unpaired) electrons. The van der Waals surface area contributed by atoms with Gasteiger partial charge in [0.05, 0.1) is 24.7 Å². The summed E-state index contributed by atoms with van der Waals surface area (Å²) in [5.41, 5.74) is 5.75. The highest BCUT2D eigenvalue weighted by Crippen LogP contribution is 2.16. The van der Waals surface area contributed by atoms with Crippen molar-refractivity contribution in [1.82, 2.24) is 0 Å². The molecule has 1 aromatic carbocycles. The molecule has 2 N–H and O–H groups in total. The zero-order valence-electron chi connectivity index (χ0n) is 9.28. The third kappa shape index (κ3) is 3.04. The quantitative estimate of drug-likeness (QED) is 0.788. The Hall–Kier alpha value is -0.950. The van der Waals surface area contributed by atoms with Crippen LogP contribution >= 0.6 is 0 Å². The van der Waals surface area contributed by atoms with Crippen LogP contribution in [0.2, 0.25) is 0 Å². The maximum absolute atomic E-state index is 11.8. The second-order valence-corrected chi connectivity index (χ2v) is 5.63. The summed E-state index contributed by atoms with van der Waals surface area (Å²) in [6.07, 6.45) is 0. The van der Waals surface area contributed by atoms with Gasteiger partial charge >= 0.3 is 0 Å². The monoisotopic (exact) mass is 257 g/mol. The summed E-state index contributed by atoms with van der Waals surface area (Å²) in [5.74, 6) is -0.0616. The molecule has 6 heteroatoms. The van der Waals surface area contributed by atoms with Crippen LogP contribution < -0.4 is 5.73 Å². The van der Waals surface area contributed by atoms with E-state index in [9.17, 15) is 8.42 Å². The van der Waals surface area contributed by atoms with Gasteiger partial charge in [0.15, 0.2) is 0 Å². The fourth-order valence-electron chi connectivity index (χ4n) is 1.62. The van der Waals surface area contributed by atoms with Crippen molar-refractivity contribution in [2.24, 2.45) is 11.7 Å². The van der Waals surface area contributed by atoms with E-state index >= 15 is 0 Å². The lowest BCUT2D eigenvalue weighted by Gasteiger charge is -2.13. The minimum atomic E-state index is -3.68. The van der Waals surface area contributed by atoms with E-state index in [1.54, 1.807) is 18.2 Å². The molecular formula is C11H15NO4S. The number of rotatable bonds is 4. The number of ether oxygens (including phenoxy) is 1. The molecule has 0 aromatic heterocycles. The van der Waals surface area contributed by atoms with Gasteiger partial charge in [-0.3, -0.25) is 4.18 Å². The molecule has 1 aliphatic rings. The molecule has 1 aliphatic heterocycles. The standard InChI is InChI=1S/C11H15NO4S/c12-11-8-15-6-9(11)7-16-17(13,14)10-4-2-1-3-5-10/h1-5,9,11H,6-8,12H2/t9?,11-/m1/s1. The van der Waals surface area contributed by atoms with Crippen LogP contribution in [0.3, 0.4) is 0 Å². The van der Waals surface area contributed by atoms with Crippen molar-refractivity contribution in [3.8, 4) is 0 Å². The topological polar surface area (TPSA) is 78.6 Å². The fourth-order valence-corrected chi connectivity index (χ4v) is 2.60. The van der Waals surface area contributed by atoms with Gasteiger partial charge in [-0.15, -0.1) is 0 Å². The summed E-state index contributed by atoms with van der Waals surface area (Å²) in [4.78, 5) is 0.160. The molecule has 1 fully saturated rings. The van der Waals surface area contributed by atoms with E-state index in [0.29, 0.717) is 13.2 Å². The minimum Gasteiger partial charge on any atom is -0.379 e. The third-order valence-electron chi connectivity index (χ3n) is 2.72. The van der Waals surface area contributed by atoms with Gasteiger partial charge < -0.3 is 10.5 Å². The van der Waals surface area contributed by atoms with Crippen molar-refractivity contribution in [3.05, 3.63) is 30.3 Å². The van der Waals surface area contributed by atoms with Gasteiger partial charge in [-0.1, -0.05) is 18.2 Å². The maximum Gasteiger partial charge on any atom is 0.296 e. The highest BCUT2D eigenvalue weighted by molar-refractivity contribution is 7.86. The number of hydrogen-bond donors (Lipinski definition) is 1. The lowest BCUT2D eigenvalue weighted by Crippen LogP contribution is -2.32. The van der Waals surface area contributed by atoms with Gasteiger partial charge in [0.1, 0.15) is 0 Å². The summed E-state index contributed by atoms with van der Waals surface area (Å²) in [6, 6.07) is 7.91. The molecule has 1 aromatic rings. The lowest BCUT2D eigenvalue weighted by atomic mass is 10.1. The SMILES string of the molecule is N[C@@H]1COCC1COS(=O)(=O)c1ccccc1. The van der Waals surface area contributed by atoms with Crippen molar-refractivity contribution in [2.45, 2.75) is 10.9 Å². The van der Waals surface area contributed by atoms with Gasteiger partial charge in [0.2, 0.25) is 0 Å². The molecule has 2 atom stereocenters. The van der Waals surface area contributed by atoms with Gasteiger partial charge in [-0.25, -0.2) is 0 Å². The first-order valence-corrected chi connectivity index (χ1v) is 6.78. The molecular weight excluding hydrogens is 242 g/mol. The van der Waals surface area contributed by atoms with Gasteiger partial charge in [0.25, 0.3) is 10.1 Å². The van der Waals surface area contributed by atoms with Crippen molar-refractivity contribution >= 4 is 10.1 Å². The summed E-state index contributed by atoms with van der Waals surface area (Å²) in [5, 5.41) is 0. The smallest absolute Gasteiger partial charge is 0.296 e. The molecule has 0 bridgehead atoms. The Labute approximate surface area is 101 Å². The average Bonchev–Trinajstić information content (AvgIpc) is 2.74. The Kier molecular flexibility index (Phi) is 3.78. The molecule has 2 rings (SSSR count). The van der Waals surface area contributed by atoms with Crippen LogP contribution in [0, 0.1) is 5.92 Å². The first kappa shape index (κ1) is 12.5. The molecule has 0 saturated carbocycles. The molecule has 1 heterocycles. The van der Waals surface area contributed by atoms with E-state index in [0.717, 1.165) is 0 Å². The highest BCUT2D eigenvalue weighted by Gasteiger charge is 2.27. The van der Waals surface area contributed by atoms with Crippen molar-refractivity contribution in [3.63, 3.8) is 0 Å². The predicted octanol–water partition coefficient (Wildman–Crippen LogP) is 0.366. The molecule has 5 nitrogen and oxygen atoms in total. The average molecular weight is 257 g/mol. The maximum atomic E-state index is 11.8.